The molecule has 0 saturated heterocycles. The molecule has 0 fully saturated rings. The minimum atomic E-state index is -0.304. The fraction of sp³-hybridized carbons (Fsp3) is 0.143. The minimum absolute atomic E-state index is 0.00855. The van der Waals surface area contributed by atoms with E-state index in [-0.39, 0.29) is 17.6 Å². The van der Waals surface area contributed by atoms with Crippen LogP contribution >= 0.6 is 11.6 Å². The molecule has 2 aromatic heterocycles. The summed E-state index contributed by atoms with van der Waals surface area (Å²) in [6.45, 7) is 0.00855. The quantitative estimate of drug-likeness (QED) is 0.742. The number of hydrogen-bond acceptors (Lipinski definition) is 6. The van der Waals surface area contributed by atoms with Crippen LogP contribution < -0.4 is 5.32 Å². The van der Waals surface area contributed by atoms with Crippen LogP contribution in [0.15, 0.2) is 18.7 Å². The third kappa shape index (κ3) is 2.70. The van der Waals surface area contributed by atoms with Crippen molar-refractivity contribution in [2.75, 3.05) is 5.32 Å². The summed E-state index contributed by atoms with van der Waals surface area (Å²) in [6.07, 6.45) is 2.60. The maximum Gasteiger partial charge on any atom is 0.247 e. The largest absolute Gasteiger partial charge is 0.309 e. The molecule has 0 aliphatic heterocycles. The van der Waals surface area contributed by atoms with Gasteiger partial charge in [0.2, 0.25) is 5.91 Å². The molecule has 16 heavy (non-hydrogen) atoms. The van der Waals surface area contributed by atoms with Crippen LogP contribution in [0, 0.1) is 0 Å². The smallest absolute Gasteiger partial charge is 0.247 e. The number of anilines is 1. The highest BCUT2D eigenvalue weighted by atomic mass is 35.5. The molecule has 0 aromatic carbocycles. The summed E-state index contributed by atoms with van der Waals surface area (Å²) in [5, 5.41) is 13.1. The molecule has 9 heteroatoms. The molecule has 1 N–H and O–H groups in total. The number of tetrazole rings is 1. The Bertz CT molecular complexity index is 485. The van der Waals surface area contributed by atoms with Gasteiger partial charge in [-0.1, -0.05) is 11.6 Å². The average molecular weight is 240 g/mol. The van der Waals surface area contributed by atoms with Crippen molar-refractivity contribution in [2.24, 2.45) is 0 Å². The summed E-state index contributed by atoms with van der Waals surface area (Å²) in [4.78, 5) is 19.0. The summed E-state index contributed by atoms with van der Waals surface area (Å²) in [6, 6.07) is 1.44. The number of rotatable bonds is 3. The van der Waals surface area contributed by atoms with Crippen LogP contribution in [-0.4, -0.2) is 36.1 Å². The molecule has 0 bridgehead atoms. The van der Waals surface area contributed by atoms with E-state index in [9.17, 15) is 4.79 Å². The predicted molar refractivity (Wildman–Crippen MR) is 53.5 cm³/mol. The van der Waals surface area contributed by atoms with Gasteiger partial charge < -0.3 is 5.32 Å². The predicted octanol–water partition coefficient (Wildman–Crippen LogP) is -0.245. The van der Waals surface area contributed by atoms with Crippen LogP contribution in [0.3, 0.4) is 0 Å². The van der Waals surface area contributed by atoms with Gasteiger partial charge in [0, 0.05) is 6.07 Å². The fourth-order valence-electron chi connectivity index (χ4n) is 0.984. The van der Waals surface area contributed by atoms with Crippen LogP contribution in [0.5, 0.6) is 0 Å². The molecular formula is C7H6ClN7O. The Hall–Kier alpha value is -2.09. The van der Waals surface area contributed by atoms with Crippen LogP contribution in [0.1, 0.15) is 0 Å². The second-order valence-electron chi connectivity index (χ2n) is 2.78. The van der Waals surface area contributed by atoms with Crippen molar-refractivity contribution < 1.29 is 4.79 Å². The second-order valence-corrected chi connectivity index (χ2v) is 3.17. The third-order valence-electron chi connectivity index (χ3n) is 1.60. The lowest BCUT2D eigenvalue weighted by atomic mass is 10.5. The lowest BCUT2D eigenvalue weighted by Gasteiger charge is -2.02. The summed E-state index contributed by atoms with van der Waals surface area (Å²) in [5.74, 6) is 0.0279. The Balaban J connectivity index is 1.97. The Morgan fingerprint density at radius 1 is 1.50 bits per heavy atom. The molecule has 0 aliphatic rings. The molecule has 0 saturated carbocycles. The average Bonchev–Trinajstić information content (AvgIpc) is 2.70. The van der Waals surface area contributed by atoms with Crippen LogP contribution in [-0.2, 0) is 11.3 Å². The standard InChI is InChI=1S/C7H6ClN7O/c8-5-1-6(10-3-9-5)12-7(16)2-15-4-11-13-14-15/h1,3-4H,2H2,(H,9,10,12,16). The van der Waals surface area contributed by atoms with Gasteiger partial charge in [0.25, 0.3) is 0 Å². The first-order chi connectivity index (χ1) is 7.74. The summed E-state index contributed by atoms with van der Waals surface area (Å²) in [7, 11) is 0. The SMILES string of the molecule is O=C(Cn1cnnn1)Nc1cc(Cl)ncn1. The van der Waals surface area contributed by atoms with Crippen molar-refractivity contribution in [1.29, 1.82) is 0 Å². The van der Waals surface area contributed by atoms with Crippen LogP contribution in [0.25, 0.3) is 0 Å². The minimum Gasteiger partial charge on any atom is -0.309 e. The highest BCUT2D eigenvalue weighted by Gasteiger charge is 2.05. The molecule has 0 radical (unpaired) electrons. The molecule has 0 unspecified atom stereocenters. The number of nitrogens with one attached hydrogen (secondary N) is 1. The first kappa shape index (κ1) is 10.4. The third-order valence-corrected chi connectivity index (χ3v) is 1.80. The van der Waals surface area contributed by atoms with E-state index in [1.165, 1.54) is 23.4 Å². The molecule has 0 aliphatic carbocycles. The highest BCUT2D eigenvalue weighted by molar-refractivity contribution is 6.29. The Kier molecular flexibility index (Phi) is 3.01. The second kappa shape index (κ2) is 4.62. The number of aromatic nitrogens is 6. The van der Waals surface area contributed by atoms with Crippen molar-refractivity contribution in [3.8, 4) is 0 Å². The van der Waals surface area contributed by atoms with E-state index in [4.69, 9.17) is 11.6 Å². The maximum atomic E-state index is 11.5. The normalized spacial score (nSPS) is 10.1. The Labute approximate surface area is 94.7 Å². The molecule has 82 valence electrons. The van der Waals surface area contributed by atoms with Gasteiger partial charge in [-0.25, -0.2) is 14.6 Å². The van der Waals surface area contributed by atoms with E-state index in [1.54, 1.807) is 0 Å². The number of halogens is 1. The summed E-state index contributed by atoms with van der Waals surface area (Å²) in [5.41, 5.74) is 0. The van der Waals surface area contributed by atoms with Gasteiger partial charge in [0.1, 0.15) is 30.2 Å². The first-order valence-corrected chi connectivity index (χ1v) is 4.60. The van der Waals surface area contributed by atoms with Gasteiger partial charge in [0.15, 0.2) is 0 Å². The number of amides is 1. The first-order valence-electron chi connectivity index (χ1n) is 4.22. The van der Waals surface area contributed by atoms with E-state index in [1.807, 2.05) is 0 Å². The number of carbonyl (C=O) groups is 1. The van der Waals surface area contributed by atoms with Crippen LogP contribution in [0.4, 0.5) is 5.82 Å². The lowest BCUT2D eigenvalue weighted by molar-refractivity contribution is -0.116. The summed E-state index contributed by atoms with van der Waals surface area (Å²) >= 11 is 5.63. The molecule has 2 heterocycles. The van der Waals surface area contributed by atoms with E-state index in [0.29, 0.717) is 5.82 Å². The van der Waals surface area contributed by atoms with Crippen molar-refractivity contribution in [3.05, 3.63) is 23.9 Å². The number of carbonyl (C=O) groups excluding carboxylic acids is 1. The lowest BCUT2D eigenvalue weighted by Crippen LogP contribution is -2.19. The van der Waals surface area contributed by atoms with E-state index >= 15 is 0 Å². The zero-order chi connectivity index (χ0) is 11.4. The molecule has 0 spiro atoms. The van der Waals surface area contributed by atoms with Crippen molar-refractivity contribution in [2.45, 2.75) is 6.54 Å². The Morgan fingerprint density at radius 3 is 3.06 bits per heavy atom. The molecule has 0 atom stereocenters. The molecule has 2 rings (SSSR count). The zero-order valence-electron chi connectivity index (χ0n) is 7.91. The molecule has 2 aromatic rings. The van der Waals surface area contributed by atoms with Crippen molar-refractivity contribution in [1.82, 2.24) is 30.2 Å². The van der Waals surface area contributed by atoms with Gasteiger partial charge in [0.05, 0.1) is 0 Å². The molecular weight excluding hydrogens is 234 g/mol. The van der Waals surface area contributed by atoms with Crippen molar-refractivity contribution in [3.63, 3.8) is 0 Å². The van der Waals surface area contributed by atoms with Gasteiger partial charge in [-0.15, -0.1) is 5.10 Å². The van der Waals surface area contributed by atoms with E-state index in [2.05, 4.69) is 30.8 Å². The number of hydrogen-bond donors (Lipinski definition) is 1. The maximum absolute atomic E-state index is 11.5. The number of nitrogens with zero attached hydrogens (tertiary/aromatic N) is 6. The zero-order valence-corrected chi connectivity index (χ0v) is 8.66. The van der Waals surface area contributed by atoms with Gasteiger partial charge >= 0.3 is 0 Å². The summed E-state index contributed by atoms with van der Waals surface area (Å²) < 4.78 is 1.29. The van der Waals surface area contributed by atoms with E-state index in [0.717, 1.165) is 0 Å². The Morgan fingerprint density at radius 2 is 2.38 bits per heavy atom. The van der Waals surface area contributed by atoms with E-state index < -0.39 is 0 Å². The van der Waals surface area contributed by atoms with Gasteiger partial charge in [-0.05, 0) is 10.4 Å². The highest BCUT2D eigenvalue weighted by Crippen LogP contribution is 2.08. The molecule has 1 amide bonds. The topological polar surface area (TPSA) is 98.5 Å². The molecule has 8 nitrogen and oxygen atoms in total. The van der Waals surface area contributed by atoms with Crippen LogP contribution in [0.2, 0.25) is 5.15 Å². The van der Waals surface area contributed by atoms with Gasteiger partial charge in [-0.2, -0.15) is 0 Å². The monoisotopic (exact) mass is 239 g/mol. The van der Waals surface area contributed by atoms with Gasteiger partial charge in [-0.3, -0.25) is 4.79 Å². The van der Waals surface area contributed by atoms with Crippen molar-refractivity contribution >= 4 is 23.3 Å². The fourth-order valence-corrected chi connectivity index (χ4v) is 1.13.